The SMILES string of the molecule is CCNC(=NCCC(F)(F)F)N1CCN(C(=O)Cc2cccc(Cl)c2)CC1.I. The van der Waals surface area contributed by atoms with Crippen LogP contribution in [0.3, 0.4) is 0 Å². The first-order valence-corrected chi connectivity index (χ1v) is 9.28. The molecule has 5 nitrogen and oxygen atoms in total. The van der Waals surface area contributed by atoms with Gasteiger partial charge in [0, 0.05) is 37.7 Å². The van der Waals surface area contributed by atoms with Crippen molar-refractivity contribution < 1.29 is 18.0 Å². The summed E-state index contributed by atoms with van der Waals surface area (Å²) < 4.78 is 37.0. The Kier molecular flexibility index (Phi) is 10.4. The van der Waals surface area contributed by atoms with Crippen LogP contribution in [-0.4, -0.2) is 67.1 Å². The lowest BCUT2D eigenvalue weighted by Gasteiger charge is -2.36. The highest BCUT2D eigenvalue weighted by Gasteiger charge is 2.27. The van der Waals surface area contributed by atoms with Crippen molar-refractivity contribution in [3.63, 3.8) is 0 Å². The molecule has 1 aliphatic rings. The molecule has 0 radical (unpaired) electrons. The minimum absolute atomic E-state index is 0. The maximum absolute atomic E-state index is 12.5. The highest BCUT2D eigenvalue weighted by molar-refractivity contribution is 14.0. The molecule has 0 saturated carbocycles. The average Bonchev–Trinajstić information content (AvgIpc) is 2.60. The normalized spacial score (nSPS) is 15.2. The van der Waals surface area contributed by atoms with Crippen molar-refractivity contribution in [3.05, 3.63) is 34.9 Å². The number of benzene rings is 1. The fourth-order valence-electron chi connectivity index (χ4n) is 2.82. The van der Waals surface area contributed by atoms with Gasteiger partial charge in [-0.25, -0.2) is 0 Å². The number of nitrogens with one attached hydrogen (secondary N) is 1. The van der Waals surface area contributed by atoms with Gasteiger partial charge in [-0.15, -0.1) is 24.0 Å². The van der Waals surface area contributed by atoms with E-state index in [0.29, 0.717) is 43.7 Å². The van der Waals surface area contributed by atoms with E-state index in [0.717, 1.165) is 5.56 Å². The number of guanidine groups is 1. The standard InChI is InChI=1S/C18H24ClF3N4O.HI/c1-2-23-17(24-7-6-18(20,21)22)26-10-8-25(9-11-26)16(27)13-14-4-3-5-15(19)12-14;/h3-5,12H,2,6-11,13H2,1H3,(H,23,24);1H. The number of amides is 1. The lowest BCUT2D eigenvalue weighted by atomic mass is 10.1. The van der Waals surface area contributed by atoms with Crippen molar-refractivity contribution in [1.29, 1.82) is 0 Å². The van der Waals surface area contributed by atoms with Crippen LogP contribution in [0, 0.1) is 0 Å². The summed E-state index contributed by atoms with van der Waals surface area (Å²) in [6.07, 6.45) is -4.88. The Hall–Kier alpha value is -1.23. The largest absolute Gasteiger partial charge is 0.390 e. The predicted molar refractivity (Wildman–Crippen MR) is 115 cm³/mol. The number of hydrogen-bond donors (Lipinski definition) is 1. The molecule has 0 unspecified atom stereocenters. The van der Waals surface area contributed by atoms with Crippen LogP contribution in [0.15, 0.2) is 29.3 Å². The third-order valence-electron chi connectivity index (χ3n) is 4.17. The molecule has 2 rings (SSSR count). The van der Waals surface area contributed by atoms with E-state index in [1.807, 2.05) is 24.0 Å². The maximum atomic E-state index is 12.5. The fourth-order valence-corrected chi connectivity index (χ4v) is 3.03. The molecule has 0 atom stereocenters. The van der Waals surface area contributed by atoms with Gasteiger partial charge in [0.1, 0.15) is 0 Å². The van der Waals surface area contributed by atoms with Crippen molar-refractivity contribution in [1.82, 2.24) is 15.1 Å². The zero-order valence-electron chi connectivity index (χ0n) is 15.6. The van der Waals surface area contributed by atoms with Gasteiger partial charge in [-0.3, -0.25) is 9.79 Å². The van der Waals surface area contributed by atoms with Crippen LogP contribution < -0.4 is 5.32 Å². The molecule has 1 aliphatic heterocycles. The quantitative estimate of drug-likeness (QED) is 0.358. The van der Waals surface area contributed by atoms with Crippen molar-refractivity contribution >= 4 is 47.4 Å². The maximum Gasteiger partial charge on any atom is 0.390 e. The zero-order chi connectivity index (χ0) is 19.9. The summed E-state index contributed by atoms with van der Waals surface area (Å²) in [7, 11) is 0. The third-order valence-corrected chi connectivity index (χ3v) is 4.40. The molecular formula is C18H25ClF3IN4O. The van der Waals surface area contributed by atoms with Crippen LogP contribution in [0.25, 0.3) is 0 Å². The van der Waals surface area contributed by atoms with Gasteiger partial charge in [0.25, 0.3) is 0 Å². The molecule has 1 aromatic rings. The van der Waals surface area contributed by atoms with Crippen LogP contribution in [0.4, 0.5) is 13.2 Å². The number of carbonyl (C=O) groups excluding carboxylic acids is 1. The summed E-state index contributed by atoms with van der Waals surface area (Å²) in [4.78, 5) is 20.2. The van der Waals surface area contributed by atoms with Crippen LogP contribution in [0.2, 0.25) is 5.02 Å². The average molecular weight is 533 g/mol. The molecule has 0 aromatic heterocycles. The number of aliphatic imine (C=N–C) groups is 1. The number of carbonyl (C=O) groups is 1. The van der Waals surface area contributed by atoms with Crippen molar-refractivity contribution in [2.45, 2.75) is 25.9 Å². The molecule has 158 valence electrons. The number of nitrogens with zero attached hydrogens (tertiary/aromatic N) is 3. The van der Waals surface area contributed by atoms with Gasteiger partial charge in [0.2, 0.25) is 5.91 Å². The lowest BCUT2D eigenvalue weighted by molar-refractivity contribution is -0.133. The van der Waals surface area contributed by atoms with E-state index in [1.54, 1.807) is 17.0 Å². The van der Waals surface area contributed by atoms with Crippen molar-refractivity contribution in [2.24, 2.45) is 4.99 Å². The molecular weight excluding hydrogens is 508 g/mol. The van der Waals surface area contributed by atoms with Gasteiger partial charge in [-0.05, 0) is 24.6 Å². The van der Waals surface area contributed by atoms with Gasteiger partial charge < -0.3 is 15.1 Å². The van der Waals surface area contributed by atoms with E-state index in [-0.39, 0.29) is 42.8 Å². The van der Waals surface area contributed by atoms with Gasteiger partial charge in [0.05, 0.1) is 19.4 Å². The zero-order valence-corrected chi connectivity index (χ0v) is 18.7. The number of piperazine rings is 1. The predicted octanol–water partition coefficient (Wildman–Crippen LogP) is 3.56. The Labute approximate surface area is 185 Å². The topological polar surface area (TPSA) is 47.9 Å². The highest BCUT2D eigenvalue weighted by atomic mass is 127. The van der Waals surface area contributed by atoms with Crippen LogP contribution in [0.5, 0.6) is 0 Å². The van der Waals surface area contributed by atoms with E-state index < -0.39 is 12.6 Å². The number of rotatable bonds is 5. The van der Waals surface area contributed by atoms with E-state index in [9.17, 15) is 18.0 Å². The second-order valence-corrected chi connectivity index (χ2v) is 6.71. The van der Waals surface area contributed by atoms with Crippen LogP contribution in [0.1, 0.15) is 18.9 Å². The first-order valence-electron chi connectivity index (χ1n) is 8.90. The Balaban J connectivity index is 0.00000392. The Morgan fingerprint density at radius 3 is 2.43 bits per heavy atom. The summed E-state index contributed by atoms with van der Waals surface area (Å²) in [5.74, 6) is 0.472. The monoisotopic (exact) mass is 532 g/mol. The first-order chi connectivity index (χ1) is 12.8. The van der Waals surface area contributed by atoms with Gasteiger partial charge in [0.15, 0.2) is 5.96 Å². The summed E-state index contributed by atoms with van der Waals surface area (Å²) in [6, 6.07) is 7.20. The second kappa shape index (κ2) is 11.7. The molecule has 0 bridgehead atoms. The first kappa shape index (κ1) is 24.8. The number of hydrogen-bond acceptors (Lipinski definition) is 2. The van der Waals surface area contributed by atoms with E-state index >= 15 is 0 Å². The second-order valence-electron chi connectivity index (χ2n) is 6.28. The summed E-state index contributed by atoms with van der Waals surface area (Å²) >= 11 is 5.95. The number of halogens is 5. The van der Waals surface area contributed by atoms with Gasteiger partial charge >= 0.3 is 6.18 Å². The summed E-state index contributed by atoms with van der Waals surface area (Å²) in [5, 5.41) is 3.61. The molecule has 1 N–H and O–H groups in total. The molecule has 0 spiro atoms. The van der Waals surface area contributed by atoms with Crippen LogP contribution in [-0.2, 0) is 11.2 Å². The molecule has 1 heterocycles. The molecule has 10 heteroatoms. The third kappa shape index (κ3) is 8.42. The molecule has 1 aromatic carbocycles. The van der Waals surface area contributed by atoms with Crippen LogP contribution >= 0.6 is 35.6 Å². The van der Waals surface area contributed by atoms with E-state index in [2.05, 4.69) is 10.3 Å². The highest BCUT2D eigenvalue weighted by Crippen LogP contribution is 2.19. The van der Waals surface area contributed by atoms with Crippen molar-refractivity contribution in [3.8, 4) is 0 Å². The van der Waals surface area contributed by atoms with Gasteiger partial charge in [-0.1, -0.05) is 23.7 Å². The van der Waals surface area contributed by atoms with Gasteiger partial charge in [-0.2, -0.15) is 13.2 Å². The molecule has 1 fully saturated rings. The molecule has 28 heavy (non-hydrogen) atoms. The summed E-state index contributed by atoms with van der Waals surface area (Å²) in [6.45, 7) is 4.19. The van der Waals surface area contributed by atoms with E-state index in [4.69, 9.17) is 11.6 Å². The lowest BCUT2D eigenvalue weighted by Crippen LogP contribution is -2.54. The van der Waals surface area contributed by atoms with Crippen molar-refractivity contribution in [2.75, 3.05) is 39.3 Å². The Bertz CT molecular complexity index is 664. The summed E-state index contributed by atoms with van der Waals surface area (Å²) in [5.41, 5.74) is 0.858. The van der Waals surface area contributed by atoms with E-state index in [1.165, 1.54) is 0 Å². The minimum atomic E-state index is -4.22. The Morgan fingerprint density at radius 1 is 1.21 bits per heavy atom. The Morgan fingerprint density at radius 2 is 1.86 bits per heavy atom. The molecule has 1 saturated heterocycles. The fraction of sp³-hybridized carbons (Fsp3) is 0.556. The number of alkyl halides is 3. The smallest absolute Gasteiger partial charge is 0.357 e. The molecule has 0 aliphatic carbocycles. The molecule has 1 amide bonds. The minimum Gasteiger partial charge on any atom is -0.357 e.